The van der Waals surface area contributed by atoms with Crippen molar-refractivity contribution in [2.24, 2.45) is 5.73 Å². The fourth-order valence-corrected chi connectivity index (χ4v) is 1.77. The van der Waals surface area contributed by atoms with Gasteiger partial charge in [0.05, 0.1) is 18.2 Å². The molecule has 3 N–H and O–H groups in total. The fraction of sp³-hybridized carbons (Fsp3) is 0.364. The Bertz CT molecular complexity index is 403. The first kappa shape index (κ1) is 11.2. The van der Waals surface area contributed by atoms with Gasteiger partial charge in [0.25, 0.3) is 0 Å². The van der Waals surface area contributed by atoms with E-state index in [-0.39, 0.29) is 11.9 Å². The molecule has 1 unspecified atom stereocenters. The lowest BCUT2D eigenvalue weighted by Crippen LogP contribution is -2.16. The van der Waals surface area contributed by atoms with E-state index in [2.05, 4.69) is 0 Å². The Labute approximate surface area is 98.8 Å². The summed E-state index contributed by atoms with van der Waals surface area (Å²) in [7, 11) is 0. The summed E-state index contributed by atoms with van der Waals surface area (Å²) in [6.45, 7) is 1.33. The first-order valence-electron chi connectivity index (χ1n) is 5.05. The number of halogens is 1. The van der Waals surface area contributed by atoms with Gasteiger partial charge in [0.15, 0.2) is 0 Å². The number of hydrogen-bond acceptors (Lipinski definition) is 3. The highest BCUT2D eigenvalue weighted by atomic mass is 35.5. The zero-order valence-electron chi connectivity index (χ0n) is 8.70. The van der Waals surface area contributed by atoms with Gasteiger partial charge in [-0.25, -0.2) is 0 Å². The van der Waals surface area contributed by atoms with Crippen LogP contribution in [0.5, 0.6) is 5.75 Å². The molecule has 5 heteroatoms. The van der Waals surface area contributed by atoms with E-state index in [9.17, 15) is 0 Å². The van der Waals surface area contributed by atoms with Gasteiger partial charge in [-0.2, -0.15) is 0 Å². The standard InChI is InChI=1S/C11H13ClN2O2/c12-9-5-7(11(13)14)1-2-10(9)16-8-3-4-15-6-8/h1-2,5,8H,3-4,6H2,(H3,13,14). The zero-order chi connectivity index (χ0) is 11.5. The first-order valence-corrected chi connectivity index (χ1v) is 5.43. The number of nitrogens with two attached hydrogens (primary N) is 1. The molecule has 1 fully saturated rings. The Kier molecular flexibility index (Phi) is 3.31. The van der Waals surface area contributed by atoms with E-state index < -0.39 is 0 Å². The molecule has 1 aliphatic heterocycles. The van der Waals surface area contributed by atoms with E-state index in [1.807, 2.05) is 0 Å². The van der Waals surface area contributed by atoms with Crippen molar-refractivity contribution in [2.75, 3.05) is 13.2 Å². The van der Waals surface area contributed by atoms with Crippen molar-refractivity contribution in [3.05, 3.63) is 28.8 Å². The number of benzene rings is 1. The molecule has 1 heterocycles. The molecule has 16 heavy (non-hydrogen) atoms. The second-order valence-electron chi connectivity index (χ2n) is 3.66. The second-order valence-corrected chi connectivity index (χ2v) is 4.07. The molecule has 0 bridgehead atoms. The fourth-order valence-electron chi connectivity index (χ4n) is 1.55. The van der Waals surface area contributed by atoms with Crippen molar-refractivity contribution in [2.45, 2.75) is 12.5 Å². The molecule has 0 aromatic heterocycles. The molecule has 2 rings (SSSR count). The first-order chi connectivity index (χ1) is 7.66. The smallest absolute Gasteiger partial charge is 0.138 e. The number of rotatable bonds is 3. The molecule has 1 atom stereocenters. The molecule has 0 aliphatic carbocycles. The van der Waals surface area contributed by atoms with Crippen LogP contribution in [0.25, 0.3) is 0 Å². The summed E-state index contributed by atoms with van der Waals surface area (Å²) in [4.78, 5) is 0. The van der Waals surface area contributed by atoms with Gasteiger partial charge in [0, 0.05) is 12.0 Å². The van der Waals surface area contributed by atoms with Gasteiger partial charge < -0.3 is 15.2 Å². The molecule has 0 amide bonds. The Balaban J connectivity index is 2.12. The van der Waals surface area contributed by atoms with Crippen LogP contribution in [0.4, 0.5) is 0 Å². The predicted molar refractivity (Wildman–Crippen MR) is 62.3 cm³/mol. The van der Waals surface area contributed by atoms with E-state index in [0.717, 1.165) is 13.0 Å². The predicted octanol–water partition coefficient (Wildman–Crippen LogP) is 1.79. The molecule has 1 saturated heterocycles. The molecule has 4 nitrogen and oxygen atoms in total. The van der Waals surface area contributed by atoms with Crippen molar-refractivity contribution in [1.29, 1.82) is 5.41 Å². The minimum atomic E-state index is -0.00218. The minimum absolute atomic E-state index is 0.00218. The SMILES string of the molecule is N=C(N)c1ccc(OC2CCOC2)c(Cl)c1. The second kappa shape index (κ2) is 4.72. The third-order valence-corrected chi connectivity index (χ3v) is 2.72. The van der Waals surface area contributed by atoms with Crippen molar-refractivity contribution < 1.29 is 9.47 Å². The largest absolute Gasteiger partial charge is 0.486 e. The molecule has 0 radical (unpaired) electrons. The number of ether oxygens (including phenoxy) is 2. The van der Waals surface area contributed by atoms with E-state index in [1.54, 1.807) is 18.2 Å². The van der Waals surface area contributed by atoms with E-state index in [0.29, 0.717) is 22.9 Å². The summed E-state index contributed by atoms with van der Waals surface area (Å²) in [6.07, 6.45) is 0.950. The lowest BCUT2D eigenvalue weighted by atomic mass is 10.2. The van der Waals surface area contributed by atoms with Gasteiger partial charge in [-0.15, -0.1) is 0 Å². The van der Waals surface area contributed by atoms with Gasteiger partial charge in [0.2, 0.25) is 0 Å². The Morgan fingerprint density at radius 1 is 1.56 bits per heavy atom. The Hall–Kier alpha value is -1.26. The van der Waals surface area contributed by atoms with Crippen molar-refractivity contribution in [3.63, 3.8) is 0 Å². The van der Waals surface area contributed by atoms with Gasteiger partial charge in [-0.05, 0) is 18.2 Å². The lowest BCUT2D eigenvalue weighted by Gasteiger charge is -2.13. The number of amidine groups is 1. The normalized spacial score (nSPS) is 19.7. The molecular weight excluding hydrogens is 228 g/mol. The summed E-state index contributed by atoms with van der Waals surface area (Å²) in [6, 6.07) is 5.09. The summed E-state index contributed by atoms with van der Waals surface area (Å²) >= 11 is 6.03. The highest BCUT2D eigenvalue weighted by molar-refractivity contribution is 6.32. The van der Waals surface area contributed by atoms with Crippen molar-refractivity contribution in [3.8, 4) is 5.75 Å². The van der Waals surface area contributed by atoms with E-state index in [1.165, 1.54) is 0 Å². The summed E-state index contributed by atoms with van der Waals surface area (Å²) < 4.78 is 10.9. The molecule has 1 aromatic rings. The van der Waals surface area contributed by atoms with Crippen LogP contribution in [0.15, 0.2) is 18.2 Å². The van der Waals surface area contributed by atoms with Gasteiger partial charge in [-0.1, -0.05) is 11.6 Å². The van der Waals surface area contributed by atoms with Crippen molar-refractivity contribution >= 4 is 17.4 Å². The van der Waals surface area contributed by atoms with Crippen molar-refractivity contribution in [1.82, 2.24) is 0 Å². The molecule has 1 aliphatic rings. The molecular formula is C11H13ClN2O2. The molecule has 0 spiro atoms. The third-order valence-electron chi connectivity index (χ3n) is 2.42. The van der Waals surface area contributed by atoms with Crippen LogP contribution in [0.2, 0.25) is 5.02 Å². The highest BCUT2D eigenvalue weighted by Gasteiger charge is 2.18. The minimum Gasteiger partial charge on any atom is -0.486 e. The lowest BCUT2D eigenvalue weighted by molar-refractivity contribution is 0.141. The quantitative estimate of drug-likeness (QED) is 0.625. The van der Waals surface area contributed by atoms with Crippen LogP contribution in [0, 0.1) is 5.41 Å². The Morgan fingerprint density at radius 2 is 2.38 bits per heavy atom. The molecule has 1 aromatic carbocycles. The van der Waals surface area contributed by atoms with Crippen LogP contribution < -0.4 is 10.5 Å². The number of hydrogen-bond donors (Lipinski definition) is 2. The maximum atomic E-state index is 7.28. The zero-order valence-corrected chi connectivity index (χ0v) is 9.46. The van der Waals surface area contributed by atoms with Crippen LogP contribution in [0.3, 0.4) is 0 Å². The summed E-state index contributed by atoms with van der Waals surface area (Å²) in [5.74, 6) is 0.611. The van der Waals surface area contributed by atoms with Gasteiger partial charge >= 0.3 is 0 Å². The maximum Gasteiger partial charge on any atom is 0.138 e. The average Bonchev–Trinajstić information content (AvgIpc) is 2.73. The monoisotopic (exact) mass is 240 g/mol. The third kappa shape index (κ3) is 2.46. The van der Waals surface area contributed by atoms with Crippen LogP contribution in [-0.4, -0.2) is 25.2 Å². The number of nitrogens with one attached hydrogen (secondary N) is 1. The average molecular weight is 241 g/mol. The molecule has 0 saturated carbocycles. The number of nitrogen functional groups attached to an aromatic ring is 1. The van der Waals surface area contributed by atoms with Gasteiger partial charge in [0.1, 0.15) is 17.7 Å². The Morgan fingerprint density at radius 3 is 2.94 bits per heavy atom. The van der Waals surface area contributed by atoms with E-state index >= 15 is 0 Å². The summed E-state index contributed by atoms with van der Waals surface area (Å²) in [5.41, 5.74) is 5.96. The van der Waals surface area contributed by atoms with Crippen LogP contribution >= 0.6 is 11.6 Å². The van der Waals surface area contributed by atoms with Gasteiger partial charge in [-0.3, -0.25) is 5.41 Å². The van der Waals surface area contributed by atoms with Crippen LogP contribution in [0.1, 0.15) is 12.0 Å². The van der Waals surface area contributed by atoms with Crippen LogP contribution in [-0.2, 0) is 4.74 Å². The topological polar surface area (TPSA) is 68.3 Å². The summed E-state index contributed by atoms with van der Waals surface area (Å²) in [5, 5.41) is 7.76. The maximum absolute atomic E-state index is 7.28. The molecule has 86 valence electrons. The highest BCUT2D eigenvalue weighted by Crippen LogP contribution is 2.27. The van der Waals surface area contributed by atoms with E-state index in [4.69, 9.17) is 32.2 Å².